The predicted molar refractivity (Wildman–Crippen MR) is 116 cm³/mol. The average Bonchev–Trinajstić information content (AvgIpc) is 2.75. The van der Waals surface area contributed by atoms with Crippen molar-refractivity contribution >= 4 is 21.5 Å². The lowest BCUT2D eigenvalue weighted by Gasteiger charge is -2.37. The molecule has 0 N–H and O–H groups in total. The lowest BCUT2D eigenvalue weighted by Crippen LogP contribution is -2.47. The van der Waals surface area contributed by atoms with E-state index >= 15 is 0 Å². The van der Waals surface area contributed by atoms with Crippen molar-refractivity contribution in [2.24, 2.45) is 0 Å². The van der Waals surface area contributed by atoms with Crippen LogP contribution in [0, 0.1) is 0 Å². The number of rotatable bonds is 8. The minimum absolute atomic E-state index is 0.245. The summed E-state index contributed by atoms with van der Waals surface area (Å²) in [6.45, 7) is 10.5. The van der Waals surface area contributed by atoms with Crippen molar-refractivity contribution in [2.75, 3.05) is 55.7 Å². The van der Waals surface area contributed by atoms with E-state index in [1.807, 2.05) is 39.0 Å². The first-order valence-electron chi connectivity index (χ1n) is 10.2. The normalized spacial score (nSPS) is 15.0. The van der Waals surface area contributed by atoms with Crippen molar-refractivity contribution in [3.05, 3.63) is 42.6 Å². The van der Waals surface area contributed by atoms with Crippen LogP contribution in [0.3, 0.4) is 0 Å². The summed E-state index contributed by atoms with van der Waals surface area (Å²) in [7, 11) is -3.47. The minimum Gasteiger partial charge on any atom is -0.492 e. The molecule has 0 bridgehead atoms. The van der Waals surface area contributed by atoms with Gasteiger partial charge in [-0.3, -0.25) is 0 Å². The van der Waals surface area contributed by atoms with Crippen LogP contribution in [0.4, 0.5) is 11.5 Å². The largest absolute Gasteiger partial charge is 0.492 e. The predicted octanol–water partition coefficient (Wildman–Crippen LogP) is 2.84. The Morgan fingerprint density at radius 3 is 2.21 bits per heavy atom. The monoisotopic (exact) mass is 418 g/mol. The van der Waals surface area contributed by atoms with Gasteiger partial charge in [-0.1, -0.05) is 26.0 Å². The SMILES string of the molecule is CCOc1ccccc1N1CCN(c2ccc(S(=O)(=O)N(CC)CC)cn2)CC1. The van der Waals surface area contributed by atoms with Gasteiger partial charge in [0.05, 0.1) is 12.3 Å². The fraction of sp³-hybridized carbons (Fsp3) is 0.476. The van der Waals surface area contributed by atoms with Gasteiger partial charge in [0.25, 0.3) is 0 Å². The second-order valence-corrected chi connectivity index (χ2v) is 8.75. The van der Waals surface area contributed by atoms with E-state index in [1.54, 1.807) is 12.1 Å². The van der Waals surface area contributed by atoms with Gasteiger partial charge in [-0.25, -0.2) is 13.4 Å². The second-order valence-electron chi connectivity index (χ2n) is 6.82. The summed E-state index contributed by atoms with van der Waals surface area (Å²) in [4.78, 5) is 9.19. The first kappa shape index (κ1) is 21.4. The average molecular weight is 419 g/mol. The molecule has 0 spiro atoms. The lowest BCUT2D eigenvalue weighted by atomic mass is 10.2. The third kappa shape index (κ3) is 4.64. The highest BCUT2D eigenvalue weighted by Crippen LogP contribution is 2.29. The number of anilines is 2. The molecule has 0 unspecified atom stereocenters. The Morgan fingerprint density at radius 1 is 0.966 bits per heavy atom. The molecule has 2 aromatic rings. The van der Waals surface area contributed by atoms with Crippen LogP contribution in [0.5, 0.6) is 5.75 Å². The molecule has 1 aliphatic rings. The topological polar surface area (TPSA) is 66.0 Å². The highest BCUT2D eigenvalue weighted by atomic mass is 32.2. The van der Waals surface area contributed by atoms with E-state index in [4.69, 9.17) is 4.74 Å². The molecule has 0 radical (unpaired) electrons. The zero-order valence-corrected chi connectivity index (χ0v) is 18.2. The quantitative estimate of drug-likeness (QED) is 0.657. The summed E-state index contributed by atoms with van der Waals surface area (Å²) in [6.07, 6.45) is 1.47. The van der Waals surface area contributed by atoms with Gasteiger partial charge in [0.15, 0.2) is 0 Å². The van der Waals surface area contributed by atoms with E-state index in [2.05, 4.69) is 20.9 Å². The van der Waals surface area contributed by atoms with E-state index < -0.39 is 10.0 Å². The molecule has 0 aliphatic carbocycles. The third-order valence-corrected chi connectivity index (χ3v) is 7.21. The van der Waals surface area contributed by atoms with Crippen LogP contribution < -0.4 is 14.5 Å². The van der Waals surface area contributed by atoms with Crippen molar-refractivity contribution in [2.45, 2.75) is 25.7 Å². The van der Waals surface area contributed by atoms with Crippen molar-refractivity contribution in [1.82, 2.24) is 9.29 Å². The molecule has 7 nitrogen and oxygen atoms in total. The number of sulfonamides is 1. The number of nitrogens with zero attached hydrogens (tertiary/aromatic N) is 4. The molecule has 0 atom stereocenters. The van der Waals surface area contributed by atoms with E-state index in [-0.39, 0.29) is 4.90 Å². The summed E-state index contributed by atoms with van der Waals surface area (Å²) in [5.41, 5.74) is 1.11. The Bertz CT molecular complexity index is 890. The number of pyridine rings is 1. The smallest absolute Gasteiger partial charge is 0.244 e. The van der Waals surface area contributed by atoms with Crippen molar-refractivity contribution in [3.8, 4) is 5.75 Å². The number of hydrogen-bond acceptors (Lipinski definition) is 6. The number of benzene rings is 1. The Hall–Kier alpha value is -2.32. The maximum atomic E-state index is 12.6. The summed E-state index contributed by atoms with van der Waals surface area (Å²) < 4.78 is 32.4. The number of hydrogen-bond donors (Lipinski definition) is 0. The highest BCUT2D eigenvalue weighted by molar-refractivity contribution is 7.89. The third-order valence-electron chi connectivity index (χ3n) is 5.17. The van der Waals surface area contributed by atoms with Crippen LogP contribution in [0.2, 0.25) is 0 Å². The molecule has 29 heavy (non-hydrogen) atoms. The van der Waals surface area contributed by atoms with Crippen molar-refractivity contribution in [3.63, 3.8) is 0 Å². The molecular formula is C21H30N4O3S. The zero-order chi connectivity index (χ0) is 20.9. The van der Waals surface area contributed by atoms with Crippen LogP contribution in [-0.4, -0.2) is 63.6 Å². The number of para-hydroxylation sites is 2. The van der Waals surface area contributed by atoms with Crippen molar-refractivity contribution < 1.29 is 13.2 Å². The van der Waals surface area contributed by atoms with Crippen LogP contribution in [0.25, 0.3) is 0 Å². The Balaban J connectivity index is 1.67. The summed E-state index contributed by atoms with van der Waals surface area (Å²) >= 11 is 0. The van der Waals surface area contributed by atoms with Crippen LogP contribution in [-0.2, 0) is 10.0 Å². The summed E-state index contributed by atoms with van der Waals surface area (Å²) in [5, 5.41) is 0. The van der Waals surface area contributed by atoms with Gasteiger partial charge in [-0.2, -0.15) is 4.31 Å². The molecule has 1 aromatic heterocycles. The number of ether oxygens (including phenoxy) is 1. The first-order chi connectivity index (χ1) is 14.0. The Morgan fingerprint density at radius 2 is 1.62 bits per heavy atom. The molecule has 0 amide bonds. The minimum atomic E-state index is -3.47. The molecule has 3 rings (SSSR count). The highest BCUT2D eigenvalue weighted by Gasteiger charge is 2.24. The summed E-state index contributed by atoms with van der Waals surface area (Å²) in [6, 6.07) is 11.6. The van der Waals surface area contributed by atoms with Gasteiger partial charge in [0, 0.05) is 45.5 Å². The number of piperazine rings is 1. The maximum Gasteiger partial charge on any atom is 0.244 e. The van der Waals surface area contributed by atoms with Gasteiger partial charge in [0.1, 0.15) is 16.5 Å². The van der Waals surface area contributed by atoms with E-state index in [1.165, 1.54) is 10.5 Å². The van der Waals surface area contributed by atoms with Gasteiger partial charge in [-0.15, -0.1) is 0 Å². The molecule has 158 valence electrons. The molecule has 8 heteroatoms. The maximum absolute atomic E-state index is 12.6. The summed E-state index contributed by atoms with van der Waals surface area (Å²) in [5.74, 6) is 1.72. The molecule has 1 saturated heterocycles. The molecule has 2 heterocycles. The van der Waals surface area contributed by atoms with E-state index in [9.17, 15) is 8.42 Å². The fourth-order valence-corrected chi connectivity index (χ4v) is 5.00. The van der Waals surface area contributed by atoms with Crippen LogP contribution >= 0.6 is 0 Å². The molecule has 1 aliphatic heterocycles. The molecule has 1 fully saturated rings. The Kier molecular flexibility index (Phi) is 6.97. The zero-order valence-electron chi connectivity index (χ0n) is 17.4. The number of aromatic nitrogens is 1. The van der Waals surface area contributed by atoms with Crippen LogP contribution in [0.15, 0.2) is 47.5 Å². The molecule has 1 aromatic carbocycles. The molecule has 0 saturated carbocycles. The van der Waals surface area contributed by atoms with Gasteiger partial charge in [0.2, 0.25) is 10.0 Å². The second kappa shape index (κ2) is 9.45. The van der Waals surface area contributed by atoms with Gasteiger partial charge in [-0.05, 0) is 31.2 Å². The van der Waals surface area contributed by atoms with Gasteiger partial charge >= 0.3 is 0 Å². The van der Waals surface area contributed by atoms with E-state index in [0.717, 1.165) is 43.4 Å². The first-order valence-corrected chi connectivity index (χ1v) is 11.6. The van der Waals surface area contributed by atoms with Gasteiger partial charge < -0.3 is 14.5 Å². The Labute approximate surface area is 174 Å². The lowest BCUT2D eigenvalue weighted by molar-refractivity contribution is 0.340. The fourth-order valence-electron chi connectivity index (χ4n) is 3.60. The van der Waals surface area contributed by atoms with E-state index in [0.29, 0.717) is 19.7 Å². The van der Waals surface area contributed by atoms with Crippen molar-refractivity contribution in [1.29, 1.82) is 0 Å². The standard InChI is InChI=1S/C21H30N4O3S/c1-4-25(5-2)29(26,27)18-11-12-21(22-17-18)24-15-13-23(14-16-24)19-9-7-8-10-20(19)28-6-3/h7-12,17H,4-6,13-16H2,1-3H3. The van der Waals surface area contributed by atoms with Crippen LogP contribution in [0.1, 0.15) is 20.8 Å². The molecular weight excluding hydrogens is 388 g/mol.